The lowest BCUT2D eigenvalue weighted by atomic mass is 10.1. The van der Waals surface area contributed by atoms with Crippen molar-refractivity contribution < 1.29 is 9.59 Å². The summed E-state index contributed by atoms with van der Waals surface area (Å²) in [6, 6.07) is 18.5. The van der Waals surface area contributed by atoms with Gasteiger partial charge in [0, 0.05) is 5.56 Å². The van der Waals surface area contributed by atoms with E-state index in [2.05, 4.69) is 15.6 Å². The molecule has 0 saturated carbocycles. The van der Waals surface area contributed by atoms with Crippen molar-refractivity contribution in [3.8, 4) is 0 Å². The van der Waals surface area contributed by atoms with Crippen LogP contribution in [0.1, 0.15) is 27.0 Å². The summed E-state index contributed by atoms with van der Waals surface area (Å²) in [5.74, 6) is -0.378. The van der Waals surface area contributed by atoms with Gasteiger partial charge in [-0.2, -0.15) is 0 Å². The lowest BCUT2D eigenvalue weighted by Crippen LogP contribution is -2.14. The fourth-order valence-electron chi connectivity index (χ4n) is 3.24. The summed E-state index contributed by atoms with van der Waals surface area (Å²) >= 11 is 7.55. The van der Waals surface area contributed by atoms with Crippen molar-refractivity contribution in [1.82, 2.24) is 4.98 Å². The highest BCUT2D eigenvalue weighted by atomic mass is 35.5. The van der Waals surface area contributed by atoms with E-state index in [1.165, 1.54) is 11.3 Å². The molecule has 0 atom stereocenters. The van der Waals surface area contributed by atoms with Gasteiger partial charge in [0.2, 0.25) is 5.91 Å². The average molecular weight is 450 g/mol. The number of halogens is 1. The van der Waals surface area contributed by atoms with E-state index >= 15 is 0 Å². The molecule has 2 N–H and O–H groups in total. The zero-order valence-electron chi connectivity index (χ0n) is 17.0. The maximum Gasteiger partial charge on any atom is 0.255 e. The van der Waals surface area contributed by atoms with Crippen LogP contribution in [0.25, 0.3) is 10.2 Å². The number of nitrogens with one attached hydrogen (secondary N) is 2. The second-order valence-electron chi connectivity index (χ2n) is 7.24. The molecule has 7 heteroatoms. The van der Waals surface area contributed by atoms with Gasteiger partial charge in [-0.05, 0) is 54.8 Å². The molecule has 5 nitrogen and oxygen atoms in total. The van der Waals surface area contributed by atoms with Gasteiger partial charge in [0.1, 0.15) is 0 Å². The highest BCUT2D eigenvalue weighted by Crippen LogP contribution is 2.29. The summed E-state index contributed by atoms with van der Waals surface area (Å²) in [6.45, 7) is 3.87. The van der Waals surface area contributed by atoms with Gasteiger partial charge in [-0.1, -0.05) is 59.3 Å². The van der Waals surface area contributed by atoms with Crippen molar-refractivity contribution >= 4 is 55.8 Å². The Labute approximate surface area is 189 Å². The van der Waals surface area contributed by atoms with Crippen LogP contribution in [0.3, 0.4) is 0 Å². The van der Waals surface area contributed by atoms with Crippen LogP contribution in [0.2, 0.25) is 5.02 Å². The molecule has 1 heterocycles. The van der Waals surface area contributed by atoms with E-state index in [1.54, 1.807) is 24.3 Å². The van der Waals surface area contributed by atoms with Crippen molar-refractivity contribution in [3.05, 3.63) is 87.9 Å². The molecule has 2 amide bonds. The van der Waals surface area contributed by atoms with Crippen LogP contribution in [0.5, 0.6) is 0 Å². The molecule has 1 aromatic heterocycles. The van der Waals surface area contributed by atoms with Gasteiger partial charge in [0.15, 0.2) is 5.13 Å². The average Bonchev–Trinajstić information content (AvgIpc) is 3.13. The molecule has 0 saturated heterocycles. The molecule has 0 fully saturated rings. The van der Waals surface area contributed by atoms with E-state index in [1.807, 2.05) is 50.2 Å². The van der Waals surface area contributed by atoms with Gasteiger partial charge in [-0.3, -0.25) is 9.59 Å². The second kappa shape index (κ2) is 8.88. The summed E-state index contributed by atoms with van der Waals surface area (Å²) in [5, 5.41) is 6.73. The highest BCUT2D eigenvalue weighted by Gasteiger charge is 2.14. The quantitative estimate of drug-likeness (QED) is 0.392. The summed E-state index contributed by atoms with van der Waals surface area (Å²) in [6.07, 6.45) is 0.285. The largest absolute Gasteiger partial charge is 0.320 e. The van der Waals surface area contributed by atoms with E-state index in [9.17, 15) is 9.59 Å². The molecule has 3 aromatic carbocycles. The molecule has 31 heavy (non-hydrogen) atoms. The third kappa shape index (κ3) is 4.76. The van der Waals surface area contributed by atoms with E-state index in [0.717, 1.165) is 26.9 Å². The van der Waals surface area contributed by atoms with Crippen molar-refractivity contribution in [2.75, 3.05) is 10.6 Å². The predicted molar refractivity (Wildman–Crippen MR) is 127 cm³/mol. The molecule has 4 rings (SSSR count). The van der Waals surface area contributed by atoms with Crippen LogP contribution < -0.4 is 10.6 Å². The van der Waals surface area contributed by atoms with Gasteiger partial charge in [-0.15, -0.1) is 0 Å². The van der Waals surface area contributed by atoms with Gasteiger partial charge < -0.3 is 10.6 Å². The minimum atomic E-state index is -0.253. The van der Waals surface area contributed by atoms with E-state index in [-0.39, 0.29) is 18.2 Å². The van der Waals surface area contributed by atoms with Gasteiger partial charge in [-0.25, -0.2) is 4.98 Å². The van der Waals surface area contributed by atoms with E-state index < -0.39 is 0 Å². The van der Waals surface area contributed by atoms with Crippen LogP contribution in [0.15, 0.2) is 60.7 Å². The minimum Gasteiger partial charge on any atom is -0.320 e. The van der Waals surface area contributed by atoms with Crippen molar-refractivity contribution in [3.63, 3.8) is 0 Å². The monoisotopic (exact) mass is 449 g/mol. The first kappa shape index (κ1) is 21.0. The number of carbonyl (C=O) groups excluding carboxylic acids is 2. The number of hydrogen-bond donors (Lipinski definition) is 2. The number of anilines is 2. The Hall–Kier alpha value is -3.22. The zero-order valence-corrected chi connectivity index (χ0v) is 18.6. The maximum atomic E-state index is 12.7. The number of nitrogens with zero attached hydrogens (tertiary/aromatic N) is 1. The van der Waals surface area contributed by atoms with Crippen LogP contribution in [0, 0.1) is 13.8 Å². The van der Waals surface area contributed by atoms with Crippen LogP contribution >= 0.6 is 22.9 Å². The number of hydrogen-bond acceptors (Lipinski definition) is 4. The minimum absolute atomic E-state index is 0.125. The molecule has 0 aliphatic heterocycles. The first-order valence-corrected chi connectivity index (χ1v) is 10.9. The van der Waals surface area contributed by atoms with E-state index in [0.29, 0.717) is 21.4 Å². The SMILES string of the molecule is Cc1ccccc1CC(=O)Nc1nc2ccc(C(=O)Nc3c(C)cccc3Cl)cc2s1. The Morgan fingerprint density at radius 3 is 2.52 bits per heavy atom. The maximum absolute atomic E-state index is 12.7. The Kier molecular flexibility index (Phi) is 6.02. The number of fused-ring (bicyclic) bond motifs is 1. The molecule has 0 unspecified atom stereocenters. The molecule has 0 bridgehead atoms. The number of aromatic nitrogens is 1. The van der Waals surface area contributed by atoms with E-state index in [4.69, 9.17) is 11.6 Å². The summed E-state index contributed by atoms with van der Waals surface area (Å²) in [5.41, 5.74) is 4.76. The fraction of sp³-hybridized carbons (Fsp3) is 0.125. The zero-order chi connectivity index (χ0) is 22.0. The number of thiazole rings is 1. The fourth-order valence-corrected chi connectivity index (χ4v) is 4.43. The summed E-state index contributed by atoms with van der Waals surface area (Å²) in [7, 11) is 0. The smallest absolute Gasteiger partial charge is 0.255 e. The first-order valence-electron chi connectivity index (χ1n) is 9.72. The molecule has 0 spiro atoms. The molecule has 0 aliphatic rings. The summed E-state index contributed by atoms with van der Waals surface area (Å²) in [4.78, 5) is 29.6. The van der Waals surface area contributed by atoms with Crippen molar-refractivity contribution in [1.29, 1.82) is 0 Å². The van der Waals surface area contributed by atoms with Crippen molar-refractivity contribution in [2.24, 2.45) is 0 Å². The van der Waals surface area contributed by atoms with Crippen LogP contribution in [0.4, 0.5) is 10.8 Å². The lowest BCUT2D eigenvalue weighted by molar-refractivity contribution is -0.115. The van der Waals surface area contributed by atoms with Crippen LogP contribution in [-0.4, -0.2) is 16.8 Å². The third-order valence-corrected chi connectivity index (χ3v) is 6.22. The number of aryl methyl sites for hydroxylation is 2. The Balaban J connectivity index is 1.49. The second-order valence-corrected chi connectivity index (χ2v) is 8.68. The lowest BCUT2D eigenvalue weighted by Gasteiger charge is -2.10. The van der Waals surface area contributed by atoms with Crippen molar-refractivity contribution in [2.45, 2.75) is 20.3 Å². The first-order chi connectivity index (χ1) is 14.9. The predicted octanol–water partition coefficient (Wildman–Crippen LogP) is 6.00. The standard InChI is InChI=1S/C24H20ClN3O2S/c1-14-6-3-4-8-16(14)13-21(29)27-24-26-19-11-10-17(12-20(19)31-24)23(30)28-22-15(2)7-5-9-18(22)25/h3-12H,13H2,1-2H3,(H,28,30)(H,26,27,29). The number of rotatable bonds is 5. The molecule has 156 valence electrons. The molecule has 0 radical (unpaired) electrons. The normalized spacial score (nSPS) is 10.8. The highest BCUT2D eigenvalue weighted by molar-refractivity contribution is 7.22. The summed E-state index contributed by atoms with van der Waals surface area (Å²) < 4.78 is 0.815. The Morgan fingerprint density at radius 2 is 1.74 bits per heavy atom. The molecular weight excluding hydrogens is 430 g/mol. The number of carbonyl (C=O) groups is 2. The number of benzene rings is 3. The molecule has 0 aliphatic carbocycles. The van der Waals surface area contributed by atoms with Crippen LogP contribution in [-0.2, 0) is 11.2 Å². The van der Waals surface area contributed by atoms with Gasteiger partial charge >= 0.3 is 0 Å². The van der Waals surface area contributed by atoms with Gasteiger partial charge in [0.25, 0.3) is 5.91 Å². The van der Waals surface area contributed by atoms with Gasteiger partial charge in [0.05, 0.1) is 27.3 Å². The molecule has 4 aromatic rings. The number of para-hydroxylation sites is 1. The Morgan fingerprint density at radius 1 is 0.968 bits per heavy atom. The number of amides is 2. The topological polar surface area (TPSA) is 71.1 Å². The molecular formula is C24H20ClN3O2S. The Bertz CT molecular complexity index is 1280. The third-order valence-electron chi connectivity index (χ3n) is 4.97.